The third-order valence-electron chi connectivity index (χ3n) is 1.72. The first kappa shape index (κ1) is 8.62. The van der Waals surface area contributed by atoms with Gasteiger partial charge in [-0.2, -0.15) is 9.78 Å². The van der Waals surface area contributed by atoms with Crippen molar-refractivity contribution in [1.82, 2.24) is 9.78 Å². The fraction of sp³-hybridized carbons (Fsp3) is 0. The number of hydrogen-bond acceptors (Lipinski definition) is 2. The van der Waals surface area contributed by atoms with E-state index in [-0.39, 0.29) is 5.56 Å². The highest BCUT2D eigenvalue weighted by molar-refractivity contribution is 5.29. The van der Waals surface area contributed by atoms with Gasteiger partial charge in [-0.1, -0.05) is 0 Å². The van der Waals surface area contributed by atoms with Crippen molar-refractivity contribution < 1.29 is 4.39 Å². The predicted molar refractivity (Wildman–Crippen MR) is 48.6 cm³/mol. The fourth-order valence-corrected chi connectivity index (χ4v) is 1.08. The summed E-state index contributed by atoms with van der Waals surface area (Å²) in [5.74, 6) is -0.460. The van der Waals surface area contributed by atoms with Gasteiger partial charge in [0.2, 0.25) is 0 Å². The summed E-state index contributed by atoms with van der Waals surface area (Å²) >= 11 is 0. The van der Waals surface area contributed by atoms with Crippen molar-refractivity contribution in [2.45, 2.75) is 0 Å². The number of rotatable bonds is 1. The molecule has 0 fully saturated rings. The molecule has 4 heteroatoms. The van der Waals surface area contributed by atoms with Crippen LogP contribution >= 0.6 is 0 Å². The summed E-state index contributed by atoms with van der Waals surface area (Å²) in [6, 6.07) is 9.38. The molecule has 0 spiro atoms. The van der Waals surface area contributed by atoms with Crippen LogP contribution in [0.25, 0.3) is 5.69 Å². The van der Waals surface area contributed by atoms with E-state index in [2.05, 4.69) is 11.2 Å². The molecule has 0 aliphatic rings. The highest BCUT2D eigenvalue weighted by atomic mass is 19.1. The Morgan fingerprint density at radius 1 is 1.36 bits per heavy atom. The molecule has 1 aromatic heterocycles. The Balaban J connectivity index is 2.56. The van der Waals surface area contributed by atoms with Crippen LogP contribution < -0.4 is 5.56 Å². The molecule has 1 radical (unpaired) electrons. The monoisotopic (exact) mass is 189 g/mol. The van der Waals surface area contributed by atoms with Crippen molar-refractivity contribution >= 4 is 0 Å². The van der Waals surface area contributed by atoms with Crippen molar-refractivity contribution in [2.24, 2.45) is 0 Å². The Labute approximate surface area is 79.4 Å². The largest absolute Gasteiger partial charge is 0.271 e. The summed E-state index contributed by atoms with van der Waals surface area (Å²) < 4.78 is 13.7. The molecule has 0 aliphatic heterocycles. The molecule has 2 rings (SSSR count). The third-order valence-corrected chi connectivity index (χ3v) is 1.72. The average Bonchev–Trinajstić information content (AvgIpc) is 2.20. The van der Waals surface area contributed by atoms with Crippen LogP contribution in [0.15, 0.2) is 41.3 Å². The Morgan fingerprint density at radius 2 is 2.21 bits per heavy atom. The van der Waals surface area contributed by atoms with Gasteiger partial charge in [-0.3, -0.25) is 4.79 Å². The zero-order valence-electron chi connectivity index (χ0n) is 7.14. The van der Waals surface area contributed by atoms with Gasteiger partial charge in [0.25, 0.3) is 5.56 Å². The maximum atomic E-state index is 12.5. The topological polar surface area (TPSA) is 34.9 Å². The lowest BCUT2D eigenvalue weighted by Crippen LogP contribution is -2.18. The molecule has 0 saturated heterocycles. The molecule has 0 saturated carbocycles. The van der Waals surface area contributed by atoms with Crippen LogP contribution in [0.1, 0.15) is 0 Å². The van der Waals surface area contributed by atoms with E-state index in [4.69, 9.17) is 0 Å². The molecule has 2 aromatic rings. The number of hydrogen-bond donors (Lipinski definition) is 0. The maximum absolute atomic E-state index is 12.5. The summed E-state index contributed by atoms with van der Waals surface area (Å²) in [5.41, 5.74) is 0.240. The quantitative estimate of drug-likeness (QED) is 0.675. The first-order valence-electron chi connectivity index (χ1n) is 3.99. The van der Waals surface area contributed by atoms with Gasteiger partial charge >= 0.3 is 0 Å². The molecule has 14 heavy (non-hydrogen) atoms. The lowest BCUT2D eigenvalue weighted by atomic mass is 10.3. The van der Waals surface area contributed by atoms with E-state index in [0.29, 0.717) is 5.69 Å². The van der Waals surface area contributed by atoms with Gasteiger partial charge in [-0.25, -0.2) is 4.39 Å². The summed E-state index contributed by atoms with van der Waals surface area (Å²) in [6.45, 7) is 0. The standard InChI is InChI=1S/C10H6FN2O/c11-8-3-5-9(6-4-8)13-10(14)2-1-7-12-13/h1-3,5-7H. The summed E-state index contributed by atoms with van der Waals surface area (Å²) in [7, 11) is 0. The van der Waals surface area contributed by atoms with E-state index in [1.54, 1.807) is 6.07 Å². The lowest BCUT2D eigenvalue weighted by molar-refractivity contribution is 0.624. The normalized spacial score (nSPS) is 10.1. The smallest absolute Gasteiger partial charge is 0.267 e. The van der Waals surface area contributed by atoms with E-state index < -0.39 is 5.82 Å². The molecular formula is C10H6FN2O. The first-order chi connectivity index (χ1) is 6.77. The number of benzene rings is 1. The second-order valence-electron chi connectivity index (χ2n) is 2.67. The van der Waals surface area contributed by atoms with E-state index in [0.717, 1.165) is 0 Å². The summed E-state index contributed by atoms with van der Waals surface area (Å²) in [4.78, 5) is 11.3. The van der Waals surface area contributed by atoms with Crippen molar-refractivity contribution in [3.8, 4) is 5.69 Å². The zero-order valence-corrected chi connectivity index (χ0v) is 7.14. The van der Waals surface area contributed by atoms with Crippen LogP contribution in [0.3, 0.4) is 0 Å². The lowest BCUT2D eigenvalue weighted by Gasteiger charge is -2.01. The molecule has 69 valence electrons. The van der Waals surface area contributed by atoms with Gasteiger partial charge < -0.3 is 0 Å². The molecule has 0 N–H and O–H groups in total. The molecule has 1 heterocycles. The minimum absolute atomic E-state index is 0.257. The van der Waals surface area contributed by atoms with Crippen LogP contribution in [-0.4, -0.2) is 9.78 Å². The Bertz CT molecular complexity index is 490. The van der Waals surface area contributed by atoms with Crippen LogP contribution in [0, 0.1) is 11.9 Å². The van der Waals surface area contributed by atoms with E-state index in [9.17, 15) is 9.18 Å². The van der Waals surface area contributed by atoms with Crippen LogP contribution in [-0.2, 0) is 0 Å². The number of aromatic nitrogens is 2. The Kier molecular flexibility index (Phi) is 2.10. The van der Waals surface area contributed by atoms with Gasteiger partial charge in [0.1, 0.15) is 5.82 Å². The van der Waals surface area contributed by atoms with Crippen molar-refractivity contribution in [3.05, 3.63) is 58.8 Å². The van der Waals surface area contributed by atoms with Crippen molar-refractivity contribution in [1.29, 1.82) is 0 Å². The first-order valence-corrected chi connectivity index (χ1v) is 3.99. The molecule has 1 aromatic carbocycles. The molecule has 0 aliphatic carbocycles. The second-order valence-corrected chi connectivity index (χ2v) is 2.67. The Hall–Kier alpha value is -1.97. The highest BCUT2D eigenvalue weighted by Crippen LogP contribution is 2.03. The van der Waals surface area contributed by atoms with Crippen LogP contribution in [0.2, 0.25) is 0 Å². The second kappa shape index (κ2) is 3.41. The highest BCUT2D eigenvalue weighted by Gasteiger charge is 1.99. The van der Waals surface area contributed by atoms with Gasteiger partial charge in [0.05, 0.1) is 5.69 Å². The Morgan fingerprint density at radius 3 is 2.86 bits per heavy atom. The fourth-order valence-electron chi connectivity index (χ4n) is 1.08. The molecule has 0 amide bonds. The minimum Gasteiger partial charge on any atom is -0.267 e. The molecule has 0 bridgehead atoms. The molecule has 3 nitrogen and oxygen atoms in total. The van der Waals surface area contributed by atoms with Crippen LogP contribution in [0.4, 0.5) is 4.39 Å². The summed E-state index contributed by atoms with van der Waals surface area (Å²) in [6.07, 6.45) is 1.49. The maximum Gasteiger partial charge on any atom is 0.271 e. The predicted octanol–water partition coefficient (Wildman–Crippen LogP) is 1.17. The van der Waals surface area contributed by atoms with Gasteiger partial charge in [0, 0.05) is 18.3 Å². The third kappa shape index (κ3) is 1.54. The van der Waals surface area contributed by atoms with Gasteiger partial charge in [-0.05, 0) is 24.3 Å². The van der Waals surface area contributed by atoms with Gasteiger partial charge in [-0.15, -0.1) is 0 Å². The number of nitrogens with zero attached hydrogens (tertiary/aromatic N) is 2. The average molecular weight is 189 g/mol. The molecule has 0 atom stereocenters. The van der Waals surface area contributed by atoms with Crippen molar-refractivity contribution in [2.75, 3.05) is 0 Å². The van der Waals surface area contributed by atoms with Gasteiger partial charge in [0.15, 0.2) is 0 Å². The minimum atomic E-state index is -0.460. The van der Waals surface area contributed by atoms with E-state index >= 15 is 0 Å². The van der Waals surface area contributed by atoms with Crippen molar-refractivity contribution in [3.63, 3.8) is 0 Å². The number of halogens is 1. The van der Waals surface area contributed by atoms with Crippen LogP contribution in [0.5, 0.6) is 0 Å². The SMILES string of the molecule is O=c1cccnn1-c1c[c]c(F)cc1. The molecule has 0 unspecified atom stereocenters. The van der Waals surface area contributed by atoms with E-state index in [1.807, 2.05) is 0 Å². The zero-order chi connectivity index (χ0) is 9.97. The summed E-state index contributed by atoms with van der Waals surface area (Å²) in [5, 5.41) is 3.84. The van der Waals surface area contributed by atoms with E-state index in [1.165, 1.54) is 35.1 Å². The molecular weight excluding hydrogens is 183 g/mol.